The number of nitrogens with zero attached hydrogens (tertiary/aromatic N) is 4. The Bertz CT molecular complexity index is 810. The SMILES string of the molecule is CCn1nc(C(=O)N2CCOC[C@@H]2c2cc(=O)[nH]c(C)n2)cc1C. The standard InChI is InChI=1S/C16H21N5O3/c1-4-21-10(2)7-13(19-21)16(23)20-5-6-24-9-14(20)12-8-15(22)18-11(3)17-12/h7-8,14H,4-6,9H2,1-3H3,(H,17,18,22)/t14-/m1/s1. The smallest absolute Gasteiger partial charge is 0.275 e. The van der Waals surface area contributed by atoms with Crippen LogP contribution in [0.25, 0.3) is 0 Å². The molecule has 1 saturated heterocycles. The first-order valence-corrected chi connectivity index (χ1v) is 8.00. The lowest BCUT2D eigenvalue weighted by atomic mass is 10.1. The molecule has 2 aromatic rings. The van der Waals surface area contributed by atoms with Crippen LogP contribution in [-0.4, -0.2) is 50.3 Å². The molecule has 8 nitrogen and oxygen atoms in total. The molecule has 3 heterocycles. The van der Waals surface area contributed by atoms with Crippen LogP contribution in [0.4, 0.5) is 0 Å². The molecule has 1 N–H and O–H groups in total. The molecule has 1 fully saturated rings. The van der Waals surface area contributed by atoms with Gasteiger partial charge in [0, 0.05) is 24.8 Å². The van der Waals surface area contributed by atoms with Crippen molar-refractivity contribution in [3.63, 3.8) is 0 Å². The molecule has 1 aliphatic rings. The summed E-state index contributed by atoms with van der Waals surface area (Å²) >= 11 is 0. The van der Waals surface area contributed by atoms with Crippen molar-refractivity contribution in [3.8, 4) is 0 Å². The van der Waals surface area contributed by atoms with Gasteiger partial charge in [0.05, 0.1) is 24.9 Å². The molecule has 24 heavy (non-hydrogen) atoms. The molecule has 8 heteroatoms. The van der Waals surface area contributed by atoms with Crippen molar-refractivity contribution >= 4 is 5.91 Å². The lowest BCUT2D eigenvalue weighted by molar-refractivity contribution is -0.00436. The number of carbonyl (C=O) groups is 1. The quantitative estimate of drug-likeness (QED) is 0.899. The second-order valence-electron chi connectivity index (χ2n) is 5.83. The number of hydrogen-bond acceptors (Lipinski definition) is 5. The summed E-state index contributed by atoms with van der Waals surface area (Å²) < 4.78 is 7.30. The van der Waals surface area contributed by atoms with E-state index in [0.717, 1.165) is 5.69 Å². The third kappa shape index (κ3) is 3.09. The minimum Gasteiger partial charge on any atom is -0.377 e. The number of aromatic amines is 1. The first-order chi connectivity index (χ1) is 11.5. The van der Waals surface area contributed by atoms with Gasteiger partial charge < -0.3 is 14.6 Å². The van der Waals surface area contributed by atoms with Gasteiger partial charge in [-0.05, 0) is 26.8 Å². The summed E-state index contributed by atoms with van der Waals surface area (Å²) in [6, 6.07) is 2.82. The number of morpholine rings is 1. The van der Waals surface area contributed by atoms with Gasteiger partial charge in [-0.15, -0.1) is 0 Å². The van der Waals surface area contributed by atoms with E-state index in [-0.39, 0.29) is 17.5 Å². The van der Waals surface area contributed by atoms with E-state index in [0.29, 0.717) is 43.5 Å². The number of amides is 1. The molecule has 0 saturated carbocycles. The van der Waals surface area contributed by atoms with Crippen LogP contribution in [-0.2, 0) is 11.3 Å². The van der Waals surface area contributed by atoms with Crippen molar-refractivity contribution in [1.82, 2.24) is 24.6 Å². The fourth-order valence-corrected chi connectivity index (χ4v) is 2.95. The van der Waals surface area contributed by atoms with Gasteiger partial charge in [-0.3, -0.25) is 14.3 Å². The van der Waals surface area contributed by atoms with Gasteiger partial charge in [0.15, 0.2) is 5.69 Å². The molecule has 0 unspecified atom stereocenters. The maximum atomic E-state index is 12.9. The van der Waals surface area contributed by atoms with Gasteiger partial charge in [-0.2, -0.15) is 5.10 Å². The van der Waals surface area contributed by atoms with E-state index in [1.165, 1.54) is 6.07 Å². The predicted octanol–water partition coefficient (Wildman–Crippen LogP) is 0.817. The zero-order chi connectivity index (χ0) is 17.3. The minimum atomic E-state index is -0.390. The second-order valence-corrected chi connectivity index (χ2v) is 5.83. The van der Waals surface area contributed by atoms with E-state index in [1.54, 1.807) is 22.6 Å². The predicted molar refractivity (Wildman–Crippen MR) is 86.8 cm³/mol. The fourth-order valence-electron chi connectivity index (χ4n) is 2.95. The van der Waals surface area contributed by atoms with Crippen molar-refractivity contribution < 1.29 is 9.53 Å². The Morgan fingerprint density at radius 3 is 2.88 bits per heavy atom. The number of H-pyrrole nitrogens is 1. The van der Waals surface area contributed by atoms with Gasteiger partial charge >= 0.3 is 0 Å². The third-order valence-electron chi connectivity index (χ3n) is 4.11. The number of aromatic nitrogens is 4. The maximum Gasteiger partial charge on any atom is 0.275 e. The molecule has 0 aromatic carbocycles. The zero-order valence-corrected chi connectivity index (χ0v) is 14.1. The number of hydrogen-bond donors (Lipinski definition) is 1. The summed E-state index contributed by atoms with van der Waals surface area (Å²) in [4.78, 5) is 33.3. The van der Waals surface area contributed by atoms with Crippen molar-refractivity contribution in [2.45, 2.75) is 33.4 Å². The van der Waals surface area contributed by atoms with Gasteiger partial charge in [-0.1, -0.05) is 0 Å². The molecule has 3 rings (SSSR count). The zero-order valence-electron chi connectivity index (χ0n) is 14.1. The van der Waals surface area contributed by atoms with Gasteiger partial charge in [-0.25, -0.2) is 4.98 Å². The Labute approximate surface area is 139 Å². The Hall–Kier alpha value is -2.48. The molecule has 1 aliphatic heterocycles. The molecule has 2 aromatic heterocycles. The number of nitrogens with one attached hydrogen (secondary N) is 1. The summed E-state index contributed by atoms with van der Waals surface area (Å²) in [5.74, 6) is 0.347. The molecule has 128 valence electrons. The molecule has 0 spiro atoms. The van der Waals surface area contributed by atoms with Crippen molar-refractivity contribution in [1.29, 1.82) is 0 Å². The minimum absolute atomic E-state index is 0.168. The first kappa shape index (κ1) is 16.4. The maximum absolute atomic E-state index is 12.9. The van der Waals surface area contributed by atoms with Crippen molar-refractivity contribution in [3.05, 3.63) is 45.4 Å². The molecule has 0 bridgehead atoms. The van der Waals surface area contributed by atoms with Crippen LogP contribution in [0.15, 0.2) is 16.9 Å². The van der Waals surface area contributed by atoms with Gasteiger partial charge in [0.25, 0.3) is 11.5 Å². The molecule has 1 amide bonds. The topological polar surface area (TPSA) is 93.1 Å². The number of aryl methyl sites for hydroxylation is 3. The highest BCUT2D eigenvalue weighted by Gasteiger charge is 2.32. The highest BCUT2D eigenvalue weighted by atomic mass is 16.5. The lowest BCUT2D eigenvalue weighted by Crippen LogP contribution is -2.44. The average Bonchev–Trinajstić information content (AvgIpc) is 2.94. The van der Waals surface area contributed by atoms with E-state index < -0.39 is 0 Å². The number of rotatable bonds is 3. The summed E-state index contributed by atoms with van der Waals surface area (Å²) in [5.41, 5.74) is 1.65. The highest BCUT2D eigenvalue weighted by Crippen LogP contribution is 2.24. The highest BCUT2D eigenvalue weighted by molar-refractivity contribution is 5.92. The number of ether oxygens (including phenoxy) is 1. The summed E-state index contributed by atoms with van der Waals surface area (Å²) in [7, 11) is 0. The summed E-state index contributed by atoms with van der Waals surface area (Å²) in [6.07, 6.45) is 0. The fraction of sp³-hybridized carbons (Fsp3) is 0.500. The second kappa shape index (κ2) is 6.56. The van der Waals surface area contributed by atoms with Crippen LogP contribution < -0.4 is 5.56 Å². The third-order valence-corrected chi connectivity index (χ3v) is 4.11. The van der Waals surface area contributed by atoms with Crippen molar-refractivity contribution in [2.75, 3.05) is 19.8 Å². The lowest BCUT2D eigenvalue weighted by Gasteiger charge is -2.34. The Morgan fingerprint density at radius 1 is 1.42 bits per heavy atom. The van der Waals surface area contributed by atoms with E-state index in [9.17, 15) is 9.59 Å². The number of carbonyl (C=O) groups excluding carboxylic acids is 1. The average molecular weight is 331 g/mol. The Kier molecular flexibility index (Phi) is 4.48. The van der Waals surface area contributed by atoms with Crippen LogP contribution >= 0.6 is 0 Å². The van der Waals surface area contributed by atoms with E-state index >= 15 is 0 Å². The monoisotopic (exact) mass is 331 g/mol. The molecule has 0 aliphatic carbocycles. The van der Waals surface area contributed by atoms with Gasteiger partial charge in [0.2, 0.25) is 0 Å². The molecular weight excluding hydrogens is 310 g/mol. The van der Waals surface area contributed by atoms with Crippen LogP contribution in [0.5, 0.6) is 0 Å². The normalized spacial score (nSPS) is 18.0. The van der Waals surface area contributed by atoms with Crippen molar-refractivity contribution in [2.24, 2.45) is 0 Å². The van der Waals surface area contributed by atoms with Crippen LogP contribution in [0.3, 0.4) is 0 Å². The van der Waals surface area contributed by atoms with Crippen LogP contribution in [0, 0.1) is 13.8 Å². The Balaban J connectivity index is 1.94. The van der Waals surface area contributed by atoms with Gasteiger partial charge in [0.1, 0.15) is 5.82 Å². The largest absolute Gasteiger partial charge is 0.377 e. The van der Waals surface area contributed by atoms with E-state index in [4.69, 9.17) is 4.74 Å². The molecular formula is C16H21N5O3. The summed E-state index contributed by atoms with van der Waals surface area (Å²) in [5, 5.41) is 4.36. The van der Waals surface area contributed by atoms with E-state index in [2.05, 4.69) is 15.1 Å². The first-order valence-electron chi connectivity index (χ1n) is 8.00. The van der Waals surface area contributed by atoms with E-state index in [1.807, 2.05) is 13.8 Å². The Morgan fingerprint density at radius 2 is 2.21 bits per heavy atom. The molecule has 0 radical (unpaired) electrons. The summed E-state index contributed by atoms with van der Waals surface area (Å²) in [6.45, 7) is 7.54. The van der Waals surface area contributed by atoms with Crippen LogP contribution in [0.1, 0.15) is 40.7 Å². The van der Waals surface area contributed by atoms with Crippen LogP contribution in [0.2, 0.25) is 0 Å². The molecule has 1 atom stereocenters.